The Morgan fingerprint density at radius 2 is 0.628 bits per heavy atom. The molecule has 0 saturated heterocycles. The molecule has 0 aliphatic heterocycles. The normalized spacial score (nSPS) is 14.3. The average Bonchev–Trinajstić information content (AvgIpc) is 3.48. The van der Waals surface area contributed by atoms with Gasteiger partial charge in [-0.1, -0.05) is 264 Å². The largest absolute Gasteiger partial charge is 0.472 e. The molecule has 0 aromatic heterocycles. The van der Waals surface area contributed by atoms with Crippen LogP contribution in [0.1, 0.15) is 317 Å². The zero-order valence-corrected chi connectivity index (χ0v) is 56.7. The molecule has 0 aliphatic carbocycles. The molecule has 86 heavy (non-hydrogen) atoms. The zero-order chi connectivity index (χ0) is 63.5. The fourth-order valence-electron chi connectivity index (χ4n) is 9.57. The van der Waals surface area contributed by atoms with E-state index >= 15 is 0 Å². The van der Waals surface area contributed by atoms with Crippen LogP contribution < -0.4 is 0 Å². The number of hydrogen-bond donors (Lipinski definition) is 3. The Hall–Kier alpha value is -2.46. The molecule has 0 radical (unpaired) electrons. The second-order valence-corrected chi connectivity index (χ2v) is 26.9. The van der Waals surface area contributed by atoms with Crippen LogP contribution in [0.25, 0.3) is 0 Å². The number of rotatable bonds is 65. The van der Waals surface area contributed by atoms with Gasteiger partial charge in [-0.2, -0.15) is 0 Å². The first-order valence-electron chi connectivity index (χ1n) is 34.5. The monoisotopic (exact) mass is 1260 g/mol. The summed E-state index contributed by atoms with van der Waals surface area (Å²) >= 11 is 0. The second-order valence-electron chi connectivity index (χ2n) is 24.0. The predicted octanol–water partition coefficient (Wildman–Crippen LogP) is 18.5. The van der Waals surface area contributed by atoms with Crippen molar-refractivity contribution in [1.29, 1.82) is 0 Å². The van der Waals surface area contributed by atoms with Crippen LogP contribution in [0.15, 0.2) is 24.3 Å². The molecular formula is C67H126O17P2. The number of carbonyl (C=O) groups excluding carboxylic acids is 4. The molecule has 0 fully saturated rings. The summed E-state index contributed by atoms with van der Waals surface area (Å²) in [7, 11) is -9.90. The quantitative estimate of drug-likeness (QED) is 0.0169. The zero-order valence-electron chi connectivity index (χ0n) is 54.9. The predicted molar refractivity (Wildman–Crippen MR) is 344 cm³/mol. The van der Waals surface area contributed by atoms with Crippen molar-refractivity contribution in [3.63, 3.8) is 0 Å². The van der Waals surface area contributed by atoms with Crippen molar-refractivity contribution in [2.24, 2.45) is 5.92 Å². The van der Waals surface area contributed by atoms with Gasteiger partial charge in [-0.3, -0.25) is 37.3 Å². The van der Waals surface area contributed by atoms with Gasteiger partial charge in [0.2, 0.25) is 0 Å². The molecule has 19 heteroatoms. The Balaban J connectivity index is 5.21. The minimum Gasteiger partial charge on any atom is -0.462 e. The Morgan fingerprint density at radius 1 is 0.360 bits per heavy atom. The van der Waals surface area contributed by atoms with Crippen molar-refractivity contribution in [3.8, 4) is 0 Å². The SMILES string of the molecule is CCCCCC/C=C\C=C/CCCCCCCC(=O)O[C@H](COC(=O)CCCCCCCCCCCCCCCCC)COP(=O)(O)OC[C@@H](O)COP(=O)(O)OC[C@@H](COC(=O)CCCCCCC)OC(=O)CCCCCCCCCCC(C)C. The molecule has 0 aliphatic rings. The lowest BCUT2D eigenvalue weighted by Crippen LogP contribution is -2.30. The second kappa shape index (κ2) is 60.1. The molecule has 0 rings (SSSR count). The summed E-state index contributed by atoms with van der Waals surface area (Å²) in [5.41, 5.74) is 0. The molecular weight excluding hydrogens is 1140 g/mol. The summed E-state index contributed by atoms with van der Waals surface area (Å²) in [6, 6.07) is 0. The van der Waals surface area contributed by atoms with E-state index in [1.54, 1.807) is 0 Å². The Labute approximate surface area is 522 Å². The van der Waals surface area contributed by atoms with Gasteiger partial charge < -0.3 is 33.8 Å². The number of carbonyl (C=O) groups is 4. The molecule has 2 unspecified atom stereocenters. The number of unbranched alkanes of at least 4 members (excludes halogenated alkanes) is 34. The molecule has 0 bridgehead atoms. The van der Waals surface area contributed by atoms with E-state index in [4.69, 9.17) is 37.0 Å². The minimum atomic E-state index is -4.95. The van der Waals surface area contributed by atoms with Gasteiger partial charge >= 0.3 is 39.5 Å². The molecule has 3 N–H and O–H groups in total. The maximum Gasteiger partial charge on any atom is 0.472 e. The lowest BCUT2D eigenvalue weighted by atomic mass is 10.0. The molecule has 0 aromatic rings. The fourth-order valence-corrected chi connectivity index (χ4v) is 11.2. The molecule has 0 aromatic carbocycles. The van der Waals surface area contributed by atoms with Crippen LogP contribution in [0, 0.1) is 5.92 Å². The maximum atomic E-state index is 13.0. The number of aliphatic hydroxyl groups is 1. The van der Waals surface area contributed by atoms with Gasteiger partial charge in [-0.05, 0) is 57.3 Å². The van der Waals surface area contributed by atoms with Crippen LogP contribution in [0.5, 0.6) is 0 Å². The van der Waals surface area contributed by atoms with Gasteiger partial charge in [-0.15, -0.1) is 0 Å². The van der Waals surface area contributed by atoms with Crippen molar-refractivity contribution < 1.29 is 80.2 Å². The third-order valence-corrected chi connectivity index (χ3v) is 16.8. The van der Waals surface area contributed by atoms with E-state index in [1.165, 1.54) is 122 Å². The number of aliphatic hydroxyl groups excluding tert-OH is 1. The van der Waals surface area contributed by atoms with E-state index < -0.39 is 97.5 Å². The first-order valence-corrected chi connectivity index (χ1v) is 37.4. The highest BCUT2D eigenvalue weighted by Gasteiger charge is 2.30. The van der Waals surface area contributed by atoms with Crippen LogP contribution in [0.2, 0.25) is 0 Å². The van der Waals surface area contributed by atoms with Gasteiger partial charge in [0, 0.05) is 25.7 Å². The highest BCUT2D eigenvalue weighted by atomic mass is 31.2. The van der Waals surface area contributed by atoms with Crippen molar-refractivity contribution in [2.45, 2.75) is 335 Å². The summed E-state index contributed by atoms with van der Waals surface area (Å²) in [5, 5.41) is 10.5. The van der Waals surface area contributed by atoms with Crippen LogP contribution in [-0.4, -0.2) is 96.7 Å². The molecule has 0 amide bonds. The first-order chi connectivity index (χ1) is 41.5. The average molecular weight is 1270 g/mol. The third kappa shape index (κ3) is 60.5. The molecule has 5 atom stereocenters. The number of phosphoric acid groups is 2. The minimum absolute atomic E-state index is 0.0853. The molecule has 0 spiro atoms. The fraction of sp³-hybridized carbons (Fsp3) is 0.881. The summed E-state index contributed by atoms with van der Waals surface area (Å²) in [6.45, 7) is 7.02. The highest BCUT2D eigenvalue weighted by Crippen LogP contribution is 2.45. The van der Waals surface area contributed by atoms with Crippen molar-refractivity contribution in [1.82, 2.24) is 0 Å². The van der Waals surface area contributed by atoms with Gasteiger partial charge in [0.25, 0.3) is 0 Å². The van der Waals surface area contributed by atoms with Crippen LogP contribution in [0.3, 0.4) is 0 Å². The summed E-state index contributed by atoms with van der Waals surface area (Å²) in [5.74, 6) is -1.45. The van der Waals surface area contributed by atoms with Gasteiger partial charge in [0.1, 0.15) is 19.3 Å². The molecule has 0 heterocycles. The maximum absolute atomic E-state index is 13.0. The van der Waals surface area contributed by atoms with Crippen molar-refractivity contribution in [2.75, 3.05) is 39.6 Å². The smallest absolute Gasteiger partial charge is 0.462 e. The Morgan fingerprint density at radius 3 is 0.953 bits per heavy atom. The van der Waals surface area contributed by atoms with Crippen LogP contribution >= 0.6 is 15.6 Å². The van der Waals surface area contributed by atoms with E-state index in [1.807, 2.05) is 0 Å². The van der Waals surface area contributed by atoms with Crippen molar-refractivity contribution >= 4 is 39.5 Å². The summed E-state index contributed by atoms with van der Waals surface area (Å²) in [4.78, 5) is 72.1. The Bertz CT molecular complexity index is 1760. The lowest BCUT2D eigenvalue weighted by molar-refractivity contribution is -0.161. The van der Waals surface area contributed by atoms with Crippen LogP contribution in [-0.2, 0) is 65.4 Å². The van der Waals surface area contributed by atoms with Gasteiger partial charge in [0.05, 0.1) is 26.4 Å². The van der Waals surface area contributed by atoms with Gasteiger partial charge in [-0.25, -0.2) is 9.13 Å². The van der Waals surface area contributed by atoms with Gasteiger partial charge in [0.15, 0.2) is 12.2 Å². The summed E-state index contributed by atoms with van der Waals surface area (Å²) < 4.78 is 67.9. The van der Waals surface area contributed by atoms with E-state index in [0.29, 0.717) is 25.7 Å². The molecule has 0 saturated carbocycles. The van der Waals surface area contributed by atoms with E-state index in [-0.39, 0.29) is 25.7 Å². The first kappa shape index (κ1) is 83.5. The molecule has 17 nitrogen and oxygen atoms in total. The number of allylic oxidation sites excluding steroid dienone is 4. The molecule has 506 valence electrons. The van der Waals surface area contributed by atoms with E-state index in [2.05, 4.69) is 58.9 Å². The van der Waals surface area contributed by atoms with E-state index in [0.717, 1.165) is 115 Å². The third-order valence-electron chi connectivity index (χ3n) is 14.9. The highest BCUT2D eigenvalue weighted by molar-refractivity contribution is 7.47. The Kier molecular flexibility index (Phi) is 58.4. The van der Waals surface area contributed by atoms with E-state index in [9.17, 15) is 43.2 Å². The number of hydrogen-bond acceptors (Lipinski definition) is 15. The topological polar surface area (TPSA) is 237 Å². The number of ether oxygens (including phenoxy) is 4. The van der Waals surface area contributed by atoms with Crippen LogP contribution in [0.4, 0.5) is 0 Å². The standard InChI is InChI=1S/C67H126O17P2/c1-6-9-12-15-17-19-21-23-25-27-29-31-36-41-46-51-65(70)78-57-63(84-66(71)52-47-42-37-32-30-28-26-24-22-20-18-16-13-10-7-2)59-82-86(75,76)80-55-61(68)54-79-85(73,74)81-58-62(56-77-64(69)50-45-39-14-11-8-3)83-67(72)53-48-43-38-34-33-35-40-44-49-60(4)5/h20,22,24,26,60-63,68H,6-19,21,23,25,27-59H2,1-5H3,(H,73,74)(H,75,76)/b22-20-,26-24-/t61-,62+,63+/m0/s1. The number of esters is 4. The lowest BCUT2D eigenvalue weighted by Gasteiger charge is -2.21. The summed E-state index contributed by atoms with van der Waals surface area (Å²) in [6.07, 6.45) is 48.4. The van der Waals surface area contributed by atoms with Crippen molar-refractivity contribution in [3.05, 3.63) is 24.3 Å². The number of phosphoric ester groups is 2.